The lowest BCUT2D eigenvalue weighted by Gasteiger charge is -2.29. The summed E-state index contributed by atoms with van der Waals surface area (Å²) in [6.07, 6.45) is 11.5. The smallest absolute Gasteiger partial charge is 0.348 e. The van der Waals surface area contributed by atoms with Gasteiger partial charge >= 0.3 is 12.4 Å². The molecule has 6 heterocycles. The molecule has 2 aliphatic carbocycles. The molecule has 6 aromatic rings. The minimum Gasteiger partial charge on any atom is -0.348 e. The second-order valence-electron chi connectivity index (χ2n) is 15.7. The molecule has 0 aromatic carbocycles. The van der Waals surface area contributed by atoms with E-state index in [0.717, 1.165) is 62.1 Å². The van der Waals surface area contributed by atoms with Crippen molar-refractivity contribution in [1.82, 2.24) is 60.1 Å². The third-order valence-corrected chi connectivity index (χ3v) is 11.3. The van der Waals surface area contributed by atoms with Crippen molar-refractivity contribution in [3.8, 4) is 11.6 Å². The molecule has 0 radical (unpaired) electrons. The molecule has 0 spiro atoms. The number of pyridine rings is 2. The Bertz CT molecular complexity index is 2140. The van der Waals surface area contributed by atoms with E-state index in [9.17, 15) is 35.9 Å². The Morgan fingerprint density at radius 2 is 1.03 bits per heavy atom. The minimum atomic E-state index is -4.08. The Balaban J connectivity index is 0.000000181. The molecule has 14 nitrogen and oxygen atoms in total. The van der Waals surface area contributed by atoms with Crippen LogP contribution < -0.4 is 10.6 Å². The first kappa shape index (κ1) is 42.3. The van der Waals surface area contributed by atoms with E-state index < -0.39 is 25.2 Å². The molecule has 0 unspecified atom stereocenters. The first-order chi connectivity index (χ1) is 28.8. The van der Waals surface area contributed by atoms with E-state index in [2.05, 4.69) is 51.0 Å². The Morgan fingerprint density at radius 1 is 0.633 bits per heavy atom. The van der Waals surface area contributed by atoms with Gasteiger partial charge in [0.05, 0.1) is 23.4 Å². The van der Waals surface area contributed by atoms with Crippen molar-refractivity contribution < 1.29 is 35.9 Å². The molecular formula is C40H46F6N12O2. The molecule has 60 heavy (non-hydrogen) atoms. The molecule has 2 saturated carbocycles. The molecule has 320 valence electrons. The highest BCUT2D eigenvalue weighted by Gasteiger charge is 2.30. The van der Waals surface area contributed by atoms with Crippen molar-refractivity contribution in [3.63, 3.8) is 0 Å². The van der Waals surface area contributed by atoms with Crippen LogP contribution in [0.5, 0.6) is 0 Å². The number of rotatable bonds is 12. The van der Waals surface area contributed by atoms with Gasteiger partial charge in [-0.25, -0.2) is 19.9 Å². The maximum absolute atomic E-state index is 12.9. The molecule has 6 aromatic heterocycles. The van der Waals surface area contributed by atoms with Gasteiger partial charge in [-0.1, -0.05) is 12.8 Å². The fraction of sp³-hybridized carbons (Fsp3) is 0.500. The Labute approximate surface area is 340 Å². The zero-order valence-corrected chi connectivity index (χ0v) is 32.6. The largest absolute Gasteiger partial charge is 0.389 e. The number of alkyl halides is 6. The zero-order chi connectivity index (χ0) is 42.3. The standard InChI is InChI=1S/2C20H23F3N6O/c2*21-20(22,23)7-1-2-13-3-5-15(6-4-13)26-19(30)18-17-14(11-25-28-17)10-16(27-18)29-9-8-24-12-29/h2*8-13,15H,1-7H2,(H,25,28)(H,26,30). The first-order valence-corrected chi connectivity index (χ1v) is 20.2. The van der Waals surface area contributed by atoms with E-state index >= 15 is 0 Å². The summed E-state index contributed by atoms with van der Waals surface area (Å²) in [7, 11) is 0. The van der Waals surface area contributed by atoms with Gasteiger partial charge in [-0.2, -0.15) is 36.5 Å². The Morgan fingerprint density at radius 3 is 1.38 bits per heavy atom. The number of carbonyl (C=O) groups is 2. The average molecular weight is 841 g/mol. The van der Waals surface area contributed by atoms with Crippen molar-refractivity contribution >= 4 is 33.6 Å². The van der Waals surface area contributed by atoms with Crippen molar-refractivity contribution in [1.29, 1.82) is 0 Å². The van der Waals surface area contributed by atoms with Crippen molar-refractivity contribution in [2.45, 2.75) is 114 Å². The van der Waals surface area contributed by atoms with Gasteiger partial charge in [-0.15, -0.1) is 0 Å². The molecule has 2 fully saturated rings. The lowest BCUT2D eigenvalue weighted by atomic mass is 9.83. The predicted molar refractivity (Wildman–Crippen MR) is 208 cm³/mol. The molecular weight excluding hydrogens is 795 g/mol. The predicted octanol–water partition coefficient (Wildman–Crippen LogP) is 8.33. The van der Waals surface area contributed by atoms with E-state index in [-0.39, 0.29) is 48.1 Å². The molecule has 0 aliphatic heterocycles. The van der Waals surface area contributed by atoms with Crippen molar-refractivity contribution in [2.75, 3.05) is 0 Å². The van der Waals surface area contributed by atoms with E-state index in [1.54, 1.807) is 59.0 Å². The van der Waals surface area contributed by atoms with Gasteiger partial charge in [0.15, 0.2) is 11.4 Å². The summed E-state index contributed by atoms with van der Waals surface area (Å²) in [6, 6.07) is 3.63. The van der Waals surface area contributed by atoms with Crippen LogP contribution in [-0.2, 0) is 0 Å². The summed E-state index contributed by atoms with van der Waals surface area (Å²) in [4.78, 5) is 42.9. The van der Waals surface area contributed by atoms with E-state index in [4.69, 9.17) is 0 Å². The molecule has 8 rings (SSSR count). The topological polar surface area (TPSA) is 177 Å². The zero-order valence-electron chi connectivity index (χ0n) is 32.6. The summed E-state index contributed by atoms with van der Waals surface area (Å²) in [5, 5.41) is 21.3. The second kappa shape index (κ2) is 18.6. The number of aromatic nitrogens is 10. The number of aromatic amines is 2. The normalized spacial score (nSPS) is 19.8. The molecule has 0 saturated heterocycles. The van der Waals surface area contributed by atoms with Crippen LogP contribution in [0.25, 0.3) is 33.4 Å². The fourth-order valence-corrected chi connectivity index (χ4v) is 8.14. The lowest BCUT2D eigenvalue weighted by molar-refractivity contribution is -0.137. The summed E-state index contributed by atoms with van der Waals surface area (Å²) in [5.41, 5.74) is 1.66. The number of nitrogens with zero attached hydrogens (tertiary/aromatic N) is 8. The van der Waals surface area contributed by atoms with Crippen LogP contribution in [-0.4, -0.2) is 85.7 Å². The molecule has 4 N–H and O–H groups in total. The Kier molecular flexibility index (Phi) is 13.1. The van der Waals surface area contributed by atoms with Crippen molar-refractivity contribution in [3.05, 3.63) is 73.4 Å². The van der Waals surface area contributed by atoms with Crippen LogP contribution >= 0.6 is 0 Å². The lowest BCUT2D eigenvalue weighted by Crippen LogP contribution is -2.38. The summed E-state index contributed by atoms with van der Waals surface area (Å²) >= 11 is 0. The first-order valence-electron chi connectivity index (χ1n) is 20.2. The molecule has 2 amide bonds. The van der Waals surface area contributed by atoms with Gasteiger partial charge in [0.2, 0.25) is 0 Å². The van der Waals surface area contributed by atoms with Gasteiger partial charge in [0.25, 0.3) is 11.8 Å². The third kappa shape index (κ3) is 11.3. The number of hydrogen-bond acceptors (Lipinski definition) is 8. The summed E-state index contributed by atoms with van der Waals surface area (Å²) in [5.74, 6) is 1.16. The number of H-pyrrole nitrogens is 2. The van der Waals surface area contributed by atoms with Crippen LogP contribution in [0, 0.1) is 11.8 Å². The van der Waals surface area contributed by atoms with Gasteiger partial charge in [0, 0.05) is 60.5 Å². The quantitative estimate of drug-likeness (QED) is 0.0889. The van der Waals surface area contributed by atoms with E-state index in [1.807, 2.05) is 12.1 Å². The second-order valence-corrected chi connectivity index (χ2v) is 15.7. The number of amides is 2. The number of hydrogen-bond donors (Lipinski definition) is 4. The minimum absolute atomic E-state index is 0.00645. The monoisotopic (exact) mass is 840 g/mol. The maximum atomic E-state index is 12.9. The Hall–Kier alpha value is -5.82. The van der Waals surface area contributed by atoms with Crippen LogP contribution in [0.15, 0.2) is 62.0 Å². The summed E-state index contributed by atoms with van der Waals surface area (Å²) in [6.45, 7) is 0. The van der Waals surface area contributed by atoms with E-state index in [0.29, 0.717) is 47.3 Å². The van der Waals surface area contributed by atoms with E-state index in [1.165, 1.54) is 0 Å². The average Bonchev–Trinajstić information content (AvgIpc) is 4.06. The molecule has 0 atom stereocenters. The molecule has 0 bridgehead atoms. The van der Waals surface area contributed by atoms with Gasteiger partial charge in [-0.3, -0.25) is 28.9 Å². The van der Waals surface area contributed by atoms with Crippen LogP contribution in [0.2, 0.25) is 0 Å². The highest BCUT2D eigenvalue weighted by molar-refractivity contribution is 6.05. The van der Waals surface area contributed by atoms with Crippen molar-refractivity contribution in [2.24, 2.45) is 11.8 Å². The highest BCUT2D eigenvalue weighted by atomic mass is 19.4. The molecule has 20 heteroatoms. The summed E-state index contributed by atoms with van der Waals surface area (Å²) < 4.78 is 77.3. The maximum Gasteiger partial charge on any atom is 0.389 e. The number of carbonyl (C=O) groups excluding carboxylic acids is 2. The van der Waals surface area contributed by atoms with Gasteiger partial charge in [0.1, 0.15) is 24.3 Å². The van der Waals surface area contributed by atoms with Crippen LogP contribution in [0.4, 0.5) is 26.3 Å². The van der Waals surface area contributed by atoms with Crippen LogP contribution in [0.3, 0.4) is 0 Å². The number of fused-ring (bicyclic) bond motifs is 2. The number of imidazole rings is 2. The molecule has 2 aliphatic rings. The fourth-order valence-electron chi connectivity index (χ4n) is 8.14. The van der Waals surface area contributed by atoms with Gasteiger partial charge < -0.3 is 10.6 Å². The van der Waals surface area contributed by atoms with Gasteiger partial charge in [-0.05, 0) is 88.2 Å². The third-order valence-electron chi connectivity index (χ3n) is 11.3. The highest BCUT2D eigenvalue weighted by Crippen LogP contribution is 2.33. The SMILES string of the molecule is O=C(NC1CCC(CCCC(F)(F)F)CC1)c1nc(-n2ccnc2)cc2cn[nH]c12.O=C(NC1CCC(CCCC(F)(F)F)CC1)c1nc(-n2ccnc2)cc2cn[nH]c12. The van der Waals surface area contributed by atoms with Crippen LogP contribution in [0.1, 0.15) is 111 Å². The number of nitrogens with one attached hydrogen (secondary N) is 4. The number of halogens is 6.